The average Bonchev–Trinajstić information content (AvgIpc) is 3.89. The molecule has 12 aromatic rings. The van der Waals surface area contributed by atoms with Crippen LogP contribution in [0.5, 0.6) is 0 Å². The fourth-order valence-electron chi connectivity index (χ4n) is 10.4. The largest absolute Gasteiger partial charge is 0.454 e. The summed E-state index contributed by atoms with van der Waals surface area (Å²) in [5.74, 6) is 0.507. The van der Waals surface area contributed by atoms with E-state index >= 15 is 0 Å². The van der Waals surface area contributed by atoms with E-state index in [1.807, 2.05) is 0 Å². The van der Waals surface area contributed by atoms with E-state index in [0.29, 0.717) is 0 Å². The molecule has 64 heavy (non-hydrogen) atoms. The van der Waals surface area contributed by atoms with Gasteiger partial charge in [-0.3, -0.25) is 0 Å². The van der Waals surface area contributed by atoms with Gasteiger partial charge < -0.3 is 18.6 Å². The van der Waals surface area contributed by atoms with E-state index in [9.17, 15) is 0 Å². The molecule has 2 aromatic heterocycles. The number of fused-ring (bicyclic) bond motifs is 6. The summed E-state index contributed by atoms with van der Waals surface area (Å²) in [6, 6.07) is 62.1. The van der Waals surface area contributed by atoms with Gasteiger partial charge in [0.2, 0.25) is 0 Å². The second kappa shape index (κ2) is 14.5. The molecule has 0 amide bonds. The van der Waals surface area contributed by atoms with E-state index in [1.165, 1.54) is 54.6 Å². The van der Waals surface area contributed by atoms with Crippen LogP contribution in [0, 0.1) is 13.8 Å². The van der Waals surface area contributed by atoms with Gasteiger partial charge in [-0.25, -0.2) is 0 Å². The molecule has 0 atom stereocenters. The molecule has 12 rings (SSSR count). The van der Waals surface area contributed by atoms with E-state index in [-0.39, 0.29) is 11.8 Å². The lowest BCUT2D eigenvalue weighted by Crippen LogP contribution is -2.13. The number of para-hydroxylation sites is 4. The summed E-state index contributed by atoms with van der Waals surface area (Å²) in [5.41, 5.74) is 15.0. The molecule has 2 heterocycles. The summed E-state index contributed by atoms with van der Waals surface area (Å²) in [7, 11) is 0. The Hall–Kier alpha value is -7.56. The molecule has 0 radical (unpaired) electrons. The van der Waals surface area contributed by atoms with Crippen molar-refractivity contribution in [2.45, 2.75) is 53.4 Å². The van der Waals surface area contributed by atoms with Gasteiger partial charge in [-0.05, 0) is 119 Å². The maximum absolute atomic E-state index is 6.80. The lowest BCUT2D eigenvalue weighted by atomic mass is 9.84. The Bertz CT molecular complexity index is 3510. The average molecular weight is 829 g/mol. The fourth-order valence-corrected chi connectivity index (χ4v) is 10.4. The maximum Gasteiger partial charge on any atom is 0.159 e. The van der Waals surface area contributed by atoms with Crippen molar-refractivity contribution in [1.82, 2.24) is 0 Å². The van der Waals surface area contributed by atoms with Gasteiger partial charge in [0, 0.05) is 43.7 Å². The zero-order chi connectivity index (χ0) is 43.4. The van der Waals surface area contributed by atoms with Crippen LogP contribution in [0.4, 0.5) is 34.1 Å². The maximum atomic E-state index is 6.80. The third kappa shape index (κ3) is 5.75. The number of aryl methyl sites for hydroxylation is 2. The van der Waals surface area contributed by atoms with E-state index in [1.54, 1.807) is 0 Å². The molecule has 0 saturated heterocycles. The summed E-state index contributed by atoms with van der Waals surface area (Å²) < 4.78 is 13.6. The summed E-state index contributed by atoms with van der Waals surface area (Å²) in [6.45, 7) is 13.6. The SMILES string of the molecule is Cc1ccc(N(c2cc(C(C)C)c3ccc4c(N(c5ccc(C)cc5)c5cccc6c5oc5ccccc56)cc(C(C)C)c5ccc2c3c54)c2cccc3c2oc2ccccc23)cc1. The summed E-state index contributed by atoms with van der Waals surface area (Å²) in [4.78, 5) is 4.88. The molecule has 0 N–H and O–H groups in total. The lowest BCUT2D eigenvalue weighted by molar-refractivity contribution is 0.668. The van der Waals surface area contributed by atoms with Crippen molar-refractivity contribution >= 4 is 110 Å². The molecule has 310 valence electrons. The van der Waals surface area contributed by atoms with Crippen molar-refractivity contribution < 1.29 is 8.83 Å². The second-order valence-electron chi connectivity index (χ2n) is 18.2. The molecule has 4 heteroatoms. The van der Waals surface area contributed by atoms with Crippen molar-refractivity contribution in [3.63, 3.8) is 0 Å². The number of nitrogens with zero attached hydrogens (tertiary/aromatic N) is 2. The molecule has 0 unspecified atom stereocenters. The van der Waals surface area contributed by atoms with Crippen LogP contribution in [0.2, 0.25) is 0 Å². The number of benzene rings is 10. The molecule has 0 aliphatic rings. The molecule has 0 spiro atoms. The van der Waals surface area contributed by atoms with Gasteiger partial charge >= 0.3 is 0 Å². The number of hydrogen-bond donors (Lipinski definition) is 0. The van der Waals surface area contributed by atoms with Crippen molar-refractivity contribution in [3.05, 3.63) is 192 Å². The minimum absolute atomic E-state index is 0.254. The summed E-state index contributed by atoms with van der Waals surface area (Å²) in [6.07, 6.45) is 0. The number of hydrogen-bond acceptors (Lipinski definition) is 4. The van der Waals surface area contributed by atoms with E-state index in [4.69, 9.17) is 8.83 Å². The first-order valence-corrected chi connectivity index (χ1v) is 22.6. The molecule has 0 aliphatic heterocycles. The lowest BCUT2D eigenvalue weighted by Gasteiger charge is -2.31. The van der Waals surface area contributed by atoms with Crippen molar-refractivity contribution in [2.24, 2.45) is 0 Å². The monoisotopic (exact) mass is 828 g/mol. The van der Waals surface area contributed by atoms with Crippen LogP contribution < -0.4 is 9.80 Å². The van der Waals surface area contributed by atoms with Crippen molar-refractivity contribution in [2.75, 3.05) is 9.80 Å². The smallest absolute Gasteiger partial charge is 0.159 e. The number of anilines is 6. The minimum Gasteiger partial charge on any atom is -0.454 e. The first kappa shape index (κ1) is 38.1. The van der Waals surface area contributed by atoms with Crippen LogP contribution in [0.15, 0.2) is 179 Å². The van der Waals surface area contributed by atoms with Gasteiger partial charge in [-0.15, -0.1) is 0 Å². The van der Waals surface area contributed by atoms with Gasteiger partial charge in [0.25, 0.3) is 0 Å². The van der Waals surface area contributed by atoms with Gasteiger partial charge in [0.05, 0.1) is 22.7 Å². The molecule has 10 aromatic carbocycles. The topological polar surface area (TPSA) is 32.8 Å². The standard InChI is InChI=1S/C60H48N2O2/c1-35(2)49-33-53(61(39-25-21-37(5)22-26-39)51-17-11-15-45-41-13-7-9-19-55(41)63-59(45)51)47-32-30-44-50(36(3)4)34-54(48-31-29-43(49)57(47)58(44)48)62(40-27-23-38(6)24-28-40)52-18-12-16-46-42-14-8-10-20-56(42)64-60(46)52/h7-36H,1-6H3. The Morgan fingerprint density at radius 2 is 0.719 bits per heavy atom. The Kier molecular flexibility index (Phi) is 8.64. The predicted octanol–water partition coefficient (Wildman–Crippen LogP) is 18.2. The number of furan rings is 2. The highest BCUT2D eigenvalue weighted by Gasteiger charge is 2.28. The van der Waals surface area contributed by atoms with Crippen LogP contribution in [0.25, 0.3) is 76.2 Å². The highest BCUT2D eigenvalue weighted by Crippen LogP contribution is 2.53. The molecule has 0 saturated carbocycles. The van der Waals surface area contributed by atoms with E-state index in [0.717, 1.165) is 78.0 Å². The zero-order valence-electron chi connectivity index (χ0n) is 37.0. The predicted molar refractivity (Wildman–Crippen MR) is 272 cm³/mol. The van der Waals surface area contributed by atoms with Crippen LogP contribution >= 0.6 is 0 Å². The highest BCUT2D eigenvalue weighted by molar-refractivity contribution is 6.30. The third-order valence-electron chi connectivity index (χ3n) is 13.5. The summed E-state index contributed by atoms with van der Waals surface area (Å²) >= 11 is 0. The van der Waals surface area contributed by atoms with Gasteiger partial charge in [-0.1, -0.05) is 148 Å². The molecule has 0 fully saturated rings. The molecule has 0 bridgehead atoms. The van der Waals surface area contributed by atoms with Crippen LogP contribution in [-0.4, -0.2) is 0 Å². The van der Waals surface area contributed by atoms with Gasteiger partial charge in [0.15, 0.2) is 11.2 Å². The number of rotatable bonds is 8. The zero-order valence-corrected chi connectivity index (χ0v) is 37.0. The third-order valence-corrected chi connectivity index (χ3v) is 13.5. The van der Waals surface area contributed by atoms with Crippen LogP contribution in [0.1, 0.15) is 61.8 Å². The van der Waals surface area contributed by atoms with Crippen LogP contribution in [0.3, 0.4) is 0 Å². The first-order chi connectivity index (χ1) is 31.2. The van der Waals surface area contributed by atoms with E-state index < -0.39 is 0 Å². The molecular weight excluding hydrogens is 781 g/mol. The fraction of sp³-hybridized carbons (Fsp3) is 0.133. The Morgan fingerprint density at radius 1 is 0.344 bits per heavy atom. The van der Waals surface area contributed by atoms with Gasteiger partial charge in [0.1, 0.15) is 11.2 Å². The van der Waals surface area contributed by atoms with Crippen molar-refractivity contribution in [3.8, 4) is 0 Å². The molecule has 4 nitrogen and oxygen atoms in total. The molecular formula is C60H48N2O2. The van der Waals surface area contributed by atoms with E-state index in [2.05, 4.69) is 221 Å². The summed E-state index contributed by atoms with van der Waals surface area (Å²) in [5, 5.41) is 12.0. The normalized spacial score (nSPS) is 12.2. The highest BCUT2D eigenvalue weighted by atomic mass is 16.3. The first-order valence-electron chi connectivity index (χ1n) is 22.6. The van der Waals surface area contributed by atoms with Crippen molar-refractivity contribution in [1.29, 1.82) is 0 Å². The Labute approximate surface area is 372 Å². The molecule has 0 aliphatic carbocycles. The second-order valence-corrected chi connectivity index (χ2v) is 18.2. The van der Waals surface area contributed by atoms with Crippen LogP contribution in [-0.2, 0) is 0 Å². The Morgan fingerprint density at radius 3 is 1.12 bits per heavy atom. The van der Waals surface area contributed by atoms with Gasteiger partial charge in [-0.2, -0.15) is 0 Å². The quantitative estimate of drug-likeness (QED) is 0.143. The minimum atomic E-state index is 0.254. The Balaban J connectivity index is 1.21.